The molecule has 0 aliphatic carbocycles. The van der Waals surface area contributed by atoms with E-state index in [1.807, 2.05) is 0 Å². The number of nitro groups is 1. The average molecular weight is 653 g/mol. The highest BCUT2D eigenvalue weighted by Gasteiger charge is 2.28. The number of ether oxygens (including phenoxy) is 2. The van der Waals surface area contributed by atoms with Gasteiger partial charge in [-0.15, -0.1) is 0 Å². The monoisotopic (exact) mass is 652 g/mol. The highest BCUT2D eigenvalue weighted by molar-refractivity contribution is 8.32. The van der Waals surface area contributed by atoms with Gasteiger partial charge in [-0.2, -0.15) is 14.8 Å². The fraction of sp³-hybridized carbons (Fsp3) is 0.414. The molecule has 0 aliphatic heterocycles. The molecule has 4 rings (SSSR count). The van der Waals surface area contributed by atoms with E-state index in [2.05, 4.69) is 53.7 Å². The minimum atomic E-state index is -1.49. The van der Waals surface area contributed by atoms with E-state index in [9.17, 15) is 19.8 Å². The third-order valence-corrected chi connectivity index (χ3v) is 9.47. The Bertz CT molecular complexity index is 1740. The third-order valence-electron chi connectivity index (χ3n) is 6.68. The van der Waals surface area contributed by atoms with Gasteiger partial charge in [-0.25, -0.2) is 38.5 Å². The molecule has 0 N–H and O–H groups in total. The molecule has 238 valence electrons. The highest BCUT2D eigenvalue weighted by atomic mass is 32.3. The Balaban J connectivity index is 1.85. The van der Waals surface area contributed by atoms with Crippen molar-refractivity contribution in [2.45, 2.75) is 13.5 Å². The fourth-order valence-corrected chi connectivity index (χ4v) is 5.56. The molecule has 0 fully saturated rings. The summed E-state index contributed by atoms with van der Waals surface area (Å²) in [6, 6.07) is 6.05. The SMILES string of the molecule is CS(C)(C)CCOCn1c(C#N)cnc1-c1nn(COCCS(C)(C)C)c2c(F)c(-c3c(F)ccc([N+](=O)[O-])c3F)ccc12. The minimum absolute atomic E-state index is 0.00235. The van der Waals surface area contributed by atoms with Crippen molar-refractivity contribution in [2.75, 3.05) is 62.3 Å². The summed E-state index contributed by atoms with van der Waals surface area (Å²) in [4.78, 5) is 14.7. The predicted octanol–water partition coefficient (Wildman–Crippen LogP) is 6.10. The van der Waals surface area contributed by atoms with Crippen LogP contribution in [0.4, 0.5) is 18.9 Å². The van der Waals surface area contributed by atoms with Gasteiger partial charge in [-0.3, -0.25) is 14.7 Å². The van der Waals surface area contributed by atoms with Gasteiger partial charge in [0.25, 0.3) is 0 Å². The van der Waals surface area contributed by atoms with Crippen molar-refractivity contribution in [1.29, 1.82) is 5.26 Å². The summed E-state index contributed by atoms with van der Waals surface area (Å²) in [7, 11) is -1.69. The maximum Gasteiger partial charge on any atom is 0.305 e. The lowest BCUT2D eigenvalue weighted by Gasteiger charge is -2.24. The number of imidazole rings is 1. The van der Waals surface area contributed by atoms with Gasteiger partial charge in [-0.05, 0) is 49.7 Å². The van der Waals surface area contributed by atoms with E-state index in [-0.39, 0.29) is 41.6 Å². The zero-order valence-corrected chi connectivity index (χ0v) is 27.0. The van der Waals surface area contributed by atoms with Gasteiger partial charge in [0, 0.05) is 28.5 Å². The molecule has 15 heteroatoms. The second-order valence-electron chi connectivity index (χ2n) is 11.9. The van der Waals surface area contributed by atoms with Crippen LogP contribution in [0.1, 0.15) is 5.69 Å². The van der Waals surface area contributed by atoms with Gasteiger partial charge in [0.2, 0.25) is 5.82 Å². The Labute approximate surface area is 256 Å². The van der Waals surface area contributed by atoms with Crippen LogP contribution in [0.15, 0.2) is 30.5 Å². The first kappa shape index (κ1) is 33.3. The van der Waals surface area contributed by atoms with Gasteiger partial charge in [0.15, 0.2) is 11.6 Å². The van der Waals surface area contributed by atoms with Crippen molar-refractivity contribution in [1.82, 2.24) is 19.3 Å². The smallest absolute Gasteiger partial charge is 0.305 e. The first-order valence-corrected chi connectivity index (χ1v) is 19.4. The number of nitriles is 1. The summed E-state index contributed by atoms with van der Waals surface area (Å²) in [6.07, 6.45) is 14.2. The van der Waals surface area contributed by atoms with Crippen LogP contribution in [0.2, 0.25) is 0 Å². The number of rotatable bonds is 13. The standard InChI is InChI=1S/C29H35F3N6O4S2/c1-43(2,3)13-11-41-17-36-19(15-33)16-34-29(36)27-21-8-7-20(24-22(30)9-10-23(26(24)32)38(39)40)25(31)28(21)37(35-27)18-42-12-14-44(4,5)6/h7-10,16H,11-14,17-18H2,1-6H3. The number of fused-ring (bicyclic) bond motifs is 1. The number of nitrogens with zero attached hydrogens (tertiary/aromatic N) is 6. The van der Waals surface area contributed by atoms with Gasteiger partial charge in [-0.1, -0.05) is 6.07 Å². The van der Waals surface area contributed by atoms with Gasteiger partial charge < -0.3 is 9.47 Å². The summed E-state index contributed by atoms with van der Waals surface area (Å²) >= 11 is 0. The molecule has 0 saturated carbocycles. The van der Waals surface area contributed by atoms with E-state index in [1.54, 1.807) is 0 Å². The average Bonchev–Trinajstić information content (AvgIpc) is 3.50. The van der Waals surface area contributed by atoms with E-state index < -0.39 is 59.2 Å². The van der Waals surface area contributed by atoms with Crippen molar-refractivity contribution >= 4 is 36.6 Å². The molecule has 0 amide bonds. The Morgan fingerprint density at radius 2 is 1.59 bits per heavy atom. The van der Waals surface area contributed by atoms with Gasteiger partial charge in [0.1, 0.15) is 42.3 Å². The zero-order valence-electron chi connectivity index (χ0n) is 25.4. The van der Waals surface area contributed by atoms with E-state index in [4.69, 9.17) is 9.47 Å². The van der Waals surface area contributed by atoms with Crippen LogP contribution < -0.4 is 0 Å². The number of halogens is 3. The summed E-state index contributed by atoms with van der Waals surface area (Å²) in [5.74, 6) is -1.85. The van der Waals surface area contributed by atoms with Crippen LogP contribution in [0.25, 0.3) is 33.5 Å². The maximum absolute atomic E-state index is 16.4. The molecule has 2 aromatic carbocycles. The molecule has 10 nitrogen and oxygen atoms in total. The van der Waals surface area contributed by atoms with E-state index in [0.717, 1.165) is 23.6 Å². The molecule has 0 radical (unpaired) electrons. The summed E-state index contributed by atoms with van der Waals surface area (Å²) < 4.78 is 60.8. The predicted molar refractivity (Wildman–Crippen MR) is 170 cm³/mol. The molecule has 2 heterocycles. The van der Waals surface area contributed by atoms with Crippen LogP contribution in [0.5, 0.6) is 0 Å². The number of aromatic nitrogens is 4. The van der Waals surface area contributed by atoms with E-state index in [1.165, 1.54) is 21.5 Å². The third kappa shape index (κ3) is 7.37. The molecule has 44 heavy (non-hydrogen) atoms. The molecule has 0 spiro atoms. The molecule has 0 aliphatic rings. The molecule has 0 unspecified atom stereocenters. The zero-order chi connectivity index (χ0) is 32.4. The summed E-state index contributed by atoms with van der Waals surface area (Å²) in [5.41, 5.74) is -2.11. The molecule has 0 saturated heterocycles. The molecular weight excluding hydrogens is 617 g/mol. The van der Waals surface area contributed by atoms with Crippen LogP contribution in [0, 0.1) is 38.9 Å². The van der Waals surface area contributed by atoms with Crippen molar-refractivity contribution < 1.29 is 27.6 Å². The lowest BCUT2D eigenvalue weighted by atomic mass is 10.0. The molecule has 4 aromatic rings. The topological polar surface area (TPSA) is 121 Å². The molecular formula is C29H35F3N6O4S2. The van der Waals surface area contributed by atoms with Gasteiger partial charge >= 0.3 is 5.69 Å². The first-order valence-electron chi connectivity index (χ1n) is 13.4. The normalized spacial score (nSPS) is 12.9. The van der Waals surface area contributed by atoms with Crippen LogP contribution >= 0.6 is 20.1 Å². The Morgan fingerprint density at radius 1 is 0.955 bits per heavy atom. The first-order chi connectivity index (χ1) is 20.6. The van der Waals surface area contributed by atoms with Crippen molar-refractivity contribution in [3.8, 4) is 28.7 Å². The Kier molecular flexibility index (Phi) is 9.99. The molecule has 0 bridgehead atoms. The number of hydrogen-bond acceptors (Lipinski definition) is 7. The van der Waals surface area contributed by atoms with E-state index in [0.29, 0.717) is 19.3 Å². The molecule has 0 atom stereocenters. The quantitative estimate of drug-likeness (QED) is 0.0972. The number of nitro benzene ring substituents is 1. The van der Waals surface area contributed by atoms with Crippen molar-refractivity contribution in [3.05, 3.63) is 63.7 Å². The summed E-state index contributed by atoms with van der Waals surface area (Å²) in [5, 5.41) is 25.9. The van der Waals surface area contributed by atoms with E-state index >= 15 is 8.78 Å². The second-order valence-corrected chi connectivity index (χ2v) is 21.0. The van der Waals surface area contributed by atoms with Crippen LogP contribution in [-0.4, -0.2) is 86.5 Å². The largest absolute Gasteiger partial charge is 0.360 e. The van der Waals surface area contributed by atoms with Crippen LogP contribution in [-0.2, 0) is 22.9 Å². The fourth-order valence-electron chi connectivity index (χ4n) is 4.32. The molecule has 2 aromatic heterocycles. The van der Waals surface area contributed by atoms with Gasteiger partial charge in [0.05, 0.1) is 29.9 Å². The Hall–Kier alpha value is -3.58. The second kappa shape index (κ2) is 13.2. The van der Waals surface area contributed by atoms with Crippen molar-refractivity contribution in [2.24, 2.45) is 0 Å². The number of hydrogen-bond donors (Lipinski definition) is 0. The van der Waals surface area contributed by atoms with Crippen LogP contribution in [0.3, 0.4) is 0 Å². The maximum atomic E-state index is 16.4. The highest BCUT2D eigenvalue weighted by Crippen LogP contribution is 2.39. The van der Waals surface area contributed by atoms with Crippen molar-refractivity contribution in [3.63, 3.8) is 0 Å². The summed E-state index contributed by atoms with van der Waals surface area (Å²) in [6.45, 7) is 0.626. The Morgan fingerprint density at radius 3 is 2.18 bits per heavy atom. The lowest BCUT2D eigenvalue weighted by Crippen LogP contribution is -2.12. The number of benzene rings is 2. The minimum Gasteiger partial charge on any atom is -0.360 e. The lowest BCUT2D eigenvalue weighted by molar-refractivity contribution is -0.387.